The van der Waals surface area contributed by atoms with Crippen molar-refractivity contribution in [3.63, 3.8) is 0 Å². The fraction of sp³-hybridized carbons (Fsp3) is 0.552. The van der Waals surface area contributed by atoms with Crippen LogP contribution in [0.5, 0.6) is 0 Å². The monoisotopic (exact) mass is 433 g/mol. The zero-order valence-electron chi connectivity index (χ0n) is 19.5. The van der Waals surface area contributed by atoms with Crippen molar-refractivity contribution in [1.82, 2.24) is 0 Å². The first kappa shape index (κ1) is 23.9. The molecule has 2 aromatic carbocycles. The summed E-state index contributed by atoms with van der Waals surface area (Å²) in [6.45, 7) is 4.47. The molecule has 31 heavy (non-hydrogen) atoms. The Morgan fingerprint density at radius 2 is 1.58 bits per heavy atom. The fourth-order valence-electron chi connectivity index (χ4n) is 4.87. The first-order chi connectivity index (χ1) is 15.2. The first-order valence-corrected chi connectivity index (χ1v) is 13.5. The summed E-state index contributed by atoms with van der Waals surface area (Å²) in [5.74, 6) is 2.49. The van der Waals surface area contributed by atoms with Crippen molar-refractivity contribution in [2.45, 2.75) is 101 Å². The minimum Gasteiger partial charge on any atom is -0.192 e. The predicted octanol–water partition coefficient (Wildman–Crippen LogP) is 9.05. The molecule has 1 aliphatic rings. The third-order valence-electron chi connectivity index (χ3n) is 6.98. The van der Waals surface area contributed by atoms with Crippen molar-refractivity contribution in [2.24, 2.45) is 5.92 Å². The van der Waals surface area contributed by atoms with Crippen molar-refractivity contribution in [3.8, 4) is 6.07 Å². The first-order valence-electron chi connectivity index (χ1n) is 12.5. The van der Waals surface area contributed by atoms with Gasteiger partial charge in [0.2, 0.25) is 0 Å². The number of nitriles is 1. The highest BCUT2D eigenvalue weighted by molar-refractivity contribution is 7.98. The van der Waals surface area contributed by atoms with E-state index in [2.05, 4.69) is 62.4 Å². The second-order valence-electron chi connectivity index (χ2n) is 9.25. The van der Waals surface area contributed by atoms with Crippen LogP contribution >= 0.6 is 11.8 Å². The summed E-state index contributed by atoms with van der Waals surface area (Å²) >= 11 is 1.79. The maximum Gasteiger partial charge on any atom is 0.100 e. The van der Waals surface area contributed by atoms with E-state index in [1.54, 1.807) is 11.8 Å². The van der Waals surface area contributed by atoms with E-state index in [0.717, 1.165) is 28.6 Å². The molecule has 0 aromatic heterocycles. The second kappa shape index (κ2) is 13.0. The van der Waals surface area contributed by atoms with Crippen LogP contribution in [0.15, 0.2) is 47.4 Å². The zero-order valence-corrected chi connectivity index (χ0v) is 20.4. The molecular weight excluding hydrogens is 394 g/mol. The molecule has 1 aliphatic carbocycles. The molecule has 166 valence electrons. The molecule has 0 amide bonds. The van der Waals surface area contributed by atoms with Gasteiger partial charge < -0.3 is 0 Å². The number of nitrogens with zero attached hydrogens (tertiary/aromatic N) is 1. The van der Waals surface area contributed by atoms with Crippen LogP contribution in [0.3, 0.4) is 0 Å². The molecule has 0 heterocycles. The summed E-state index contributed by atoms with van der Waals surface area (Å²) < 4.78 is 0. The standard InChI is InChI=1S/C29H39NS/c1-3-5-6-7-8-9-24-14-16-26(17-15-24)27-18-19-29(28(20-27)21-30)31-22-25-12-10-23(4-2)11-13-25/h10-13,18-20,24,26H,3-9,14-17,22H2,1-2H3/t24-,26-. The number of unbranched alkanes of at least 4 members (excludes halogenated alkanes) is 4. The Morgan fingerprint density at radius 3 is 2.26 bits per heavy atom. The summed E-state index contributed by atoms with van der Waals surface area (Å²) in [6, 6.07) is 18.0. The molecule has 0 aliphatic heterocycles. The molecule has 0 atom stereocenters. The van der Waals surface area contributed by atoms with Crippen LogP contribution in [-0.2, 0) is 12.2 Å². The van der Waals surface area contributed by atoms with E-state index < -0.39 is 0 Å². The Hall–Kier alpha value is -1.72. The molecule has 2 aromatic rings. The highest BCUT2D eigenvalue weighted by Crippen LogP contribution is 2.39. The van der Waals surface area contributed by atoms with E-state index in [4.69, 9.17) is 0 Å². The number of benzene rings is 2. The smallest absolute Gasteiger partial charge is 0.100 e. The molecule has 0 spiro atoms. The van der Waals surface area contributed by atoms with Crippen LogP contribution < -0.4 is 0 Å². The largest absolute Gasteiger partial charge is 0.192 e. The number of hydrogen-bond acceptors (Lipinski definition) is 2. The number of rotatable bonds is 11. The van der Waals surface area contributed by atoms with E-state index in [-0.39, 0.29) is 0 Å². The van der Waals surface area contributed by atoms with E-state index in [9.17, 15) is 5.26 Å². The molecule has 3 rings (SSSR count). The van der Waals surface area contributed by atoms with Crippen molar-refractivity contribution in [3.05, 3.63) is 64.7 Å². The lowest BCUT2D eigenvalue weighted by Crippen LogP contribution is -2.13. The number of hydrogen-bond donors (Lipinski definition) is 0. The van der Waals surface area contributed by atoms with Crippen LogP contribution in [0.1, 0.15) is 106 Å². The lowest BCUT2D eigenvalue weighted by atomic mass is 9.77. The molecule has 1 fully saturated rings. The quantitative estimate of drug-likeness (QED) is 0.261. The average molecular weight is 434 g/mol. The van der Waals surface area contributed by atoms with Crippen LogP contribution in [-0.4, -0.2) is 0 Å². The third kappa shape index (κ3) is 7.43. The number of thioether (sulfide) groups is 1. The zero-order chi connectivity index (χ0) is 21.9. The molecule has 0 unspecified atom stereocenters. The Bertz CT molecular complexity index is 825. The normalized spacial score (nSPS) is 18.6. The van der Waals surface area contributed by atoms with Gasteiger partial charge in [-0.05, 0) is 72.8 Å². The summed E-state index contributed by atoms with van der Waals surface area (Å²) in [5, 5.41) is 9.74. The Balaban J connectivity index is 1.50. The van der Waals surface area contributed by atoms with Gasteiger partial charge >= 0.3 is 0 Å². The maximum atomic E-state index is 9.74. The molecule has 0 bridgehead atoms. The van der Waals surface area contributed by atoms with Crippen molar-refractivity contribution < 1.29 is 0 Å². The second-order valence-corrected chi connectivity index (χ2v) is 10.3. The van der Waals surface area contributed by atoms with Crippen molar-refractivity contribution in [1.29, 1.82) is 5.26 Å². The van der Waals surface area contributed by atoms with Crippen LogP contribution in [0.4, 0.5) is 0 Å². The molecule has 1 nitrogen and oxygen atoms in total. The van der Waals surface area contributed by atoms with Gasteiger partial charge in [-0.15, -0.1) is 11.8 Å². The van der Waals surface area contributed by atoms with Crippen LogP contribution in [0.25, 0.3) is 0 Å². The third-order valence-corrected chi connectivity index (χ3v) is 8.13. The molecule has 0 saturated heterocycles. The van der Waals surface area contributed by atoms with Gasteiger partial charge in [0, 0.05) is 10.6 Å². The molecular formula is C29H39NS. The van der Waals surface area contributed by atoms with Gasteiger partial charge in [0.25, 0.3) is 0 Å². The van der Waals surface area contributed by atoms with Crippen LogP contribution in [0.2, 0.25) is 0 Å². The van der Waals surface area contributed by atoms with Crippen LogP contribution in [0, 0.1) is 17.2 Å². The maximum absolute atomic E-state index is 9.74. The van der Waals surface area contributed by atoms with Gasteiger partial charge in [0.15, 0.2) is 0 Å². The molecule has 1 saturated carbocycles. The minimum atomic E-state index is 0.643. The Labute approximate surface area is 194 Å². The minimum absolute atomic E-state index is 0.643. The van der Waals surface area contributed by atoms with Gasteiger partial charge in [0.05, 0.1) is 5.56 Å². The van der Waals surface area contributed by atoms with E-state index in [1.165, 1.54) is 80.9 Å². The Kier molecular flexibility index (Phi) is 10.0. The van der Waals surface area contributed by atoms with E-state index in [0.29, 0.717) is 5.92 Å². The topological polar surface area (TPSA) is 23.8 Å². The molecule has 0 radical (unpaired) electrons. The van der Waals surface area contributed by atoms with Gasteiger partial charge in [-0.3, -0.25) is 0 Å². The highest BCUT2D eigenvalue weighted by Gasteiger charge is 2.22. The highest BCUT2D eigenvalue weighted by atomic mass is 32.2. The summed E-state index contributed by atoms with van der Waals surface area (Å²) in [4.78, 5) is 1.12. The average Bonchev–Trinajstić information content (AvgIpc) is 2.83. The van der Waals surface area contributed by atoms with E-state index in [1.807, 2.05) is 0 Å². The molecule has 0 N–H and O–H groups in total. The predicted molar refractivity (Wildman–Crippen MR) is 135 cm³/mol. The van der Waals surface area contributed by atoms with Gasteiger partial charge in [-0.2, -0.15) is 5.26 Å². The van der Waals surface area contributed by atoms with Crippen molar-refractivity contribution >= 4 is 11.8 Å². The molecule has 2 heteroatoms. The summed E-state index contributed by atoms with van der Waals surface area (Å²) in [6.07, 6.45) is 14.8. The SMILES string of the molecule is CCCCCCC[C@H]1CC[C@H](c2ccc(SCc3ccc(CC)cc3)c(C#N)c2)CC1. The lowest BCUT2D eigenvalue weighted by Gasteiger charge is -2.29. The fourth-order valence-corrected chi connectivity index (χ4v) is 5.81. The van der Waals surface area contributed by atoms with Gasteiger partial charge in [0.1, 0.15) is 6.07 Å². The summed E-state index contributed by atoms with van der Waals surface area (Å²) in [5.41, 5.74) is 4.94. The van der Waals surface area contributed by atoms with Gasteiger partial charge in [-0.1, -0.05) is 82.7 Å². The van der Waals surface area contributed by atoms with E-state index >= 15 is 0 Å². The summed E-state index contributed by atoms with van der Waals surface area (Å²) in [7, 11) is 0. The van der Waals surface area contributed by atoms with Gasteiger partial charge in [-0.25, -0.2) is 0 Å². The number of aryl methyl sites for hydroxylation is 1. The lowest BCUT2D eigenvalue weighted by molar-refractivity contribution is 0.302. The van der Waals surface area contributed by atoms with Crippen molar-refractivity contribution in [2.75, 3.05) is 0 Å². The Morgan fingerprint density at radius 1 is 0.871 bits per heavy atom.